The fourth-order valence-corrected chi connectivity index (χ4v) is 4.61. The number of carbonyl (C=O) groups excluding carboxylic acids is 1. The van der Waals surface area contributed by atoms with Crippen molar-refractivity contribution in [1.82, 2.24) is 19.9 Å². The van der Waals surface area contributed by atoms with Crippen LogP contribution in [0.1, 0.15) is 65.0 Å². The zero-order chi connectivity index (χ0) is 28.6. The van der Waals surface area contributed by atoms with Crippen molar-refractivity contribution < 1.29 is 27.8 Å². The zero-order valence-electron chi connectivity index (χ0n) is 22.9. The molecule has 212 valence electrons. The lowest BCUT2D eigenvalue weighted by atomic mass is 9.97. The molecule has 1 aliphatic rings. The molecule has 1 atom stereocenters. The van der Waals surface area contributed by atoms with E-state index in [9.17, 15) is 23.1 Å². The molecule has 1 amide bonds. The number of aromatic amines is 1. The molecule has 11 heteroatoms. The summed E-state index contributed by atoms with van der Waals surface area (Å²) in [4.78, 5) is 25.5. The third kappa shape index (κ3) is 7.40. The van der Waals surface area contributed by atoms with Crippen molar-refractivity contribution in [1.29, 1.82) is 0 Å². The largest absolute Gasteiger partial charge is 0.444 e. The average molecular weight is 548 g/mol. The van der Waals surface area contributed by atoms with Crippen LogP contribution in [0, 0.1) is 0 Å². The van der Waals surface area contributed by atoms with E-state index in [2.05, 4.69) is 20.3 Å². The van der Waals surface area contributed by atoms with Crippen molar-refractivity contribution >= 4 is 22.9 Å². The van der Waals surface area contributed by atoms with Crippen molar-refractivity contribution in [3.8, 4) is 11.3 Å². The van der Waals surface area contributed by atoms with Crippen LogP contribution >= 0.6 is 0 Å². The molecule has 3 heterocycles. The van der Waals surface area contributed by atoms with Crippen LogP contribution < -0.4 is 5.32 Å². The van der Waals surface area contributed by atoms with Crippen molar-refractivity contribution in [2.24, 2.45) is 0 Å². The first-order valence-corrected chi connectivity index (χ1v) is 13.1. The van der Waals surface area contributed by atoms with Crippen LogP contribution in [-0.2, 0) is 17.3 Å². The number of aliphatic hydroxyl groups is 1. The molecule has 1 fully saturated rings. The number of fused-ring (bicyclic) bond motifs is 1. The molecule has 3 aromatic rings. The number of nitrogens with zero attached hydrogens (tertiary/aromatic N) is 3. The van der Waals surface area contributed by atoms with E-state index >= 15 is 0 Å². The molecule has 2 aromatic heterocycles. The molecule has 1 saturated heterocycles. The Labute approximate surface area is 226 Å². The monoisotopic (exact) mass is 547 g/mol. The molecule has 0 bridgehead atoms. The van der Waals surface area contributed by atoms with E-state index in [4.69, 9.17) is 4.74 Å². The highest BCUT2D eigenvalue weighted by molar-refractivity contribution is 5.95. The summed E-state index contributed by atoms with van der Waals surface area (Å²) in [5.74, 6) is 0.0604. The summed E-state index contributed by atoms with van der Waals surface area (Å²) in [7, 11) is 0. The molecule has 3 N–H and O–H groups in total. The molecule has 0 aliphatic carbocycles. The number of alkyl halides is 3. The molecule has 1 aromatic carbocycles. The van der Waals surface area contributed by atoms with Gasteiger partial charge in [0.25, 0.3) is 0 Å². The first kappa shape index (κ1) is 28.7. The number of amides is 1. The summed E-state index contributed by atoms with van der Waals surface area (Å²) in [6.45, 7) is 9.73. The van der Waals surface area contributed by atoms with Gasteiger partial charge in [-0.25, -0.2) is 14.8 Å². The summed E-state index contributed by atoms with van der Waals surface area (Å²) < 4.78 is 47.4. The van der Waals surface area contributed by atoms with E-state index < -0.39 is 29.0 Å². The Kier molecular flexibility index (Phi) is 7.84. The Morgan fingerprint density at radius 1 is 1.23 bits per heavy atom. The maximum Gasteiger partial charge on any atom is 0.419 e. The van der Waals surface area contributed by atoms with Gasteiger partial charge in [0, 0.05) is 48.0 Å². The van der Waals surface area contributed by atoms with E-state index in [-0.39, 0.29) is 17.7 Å². The van der Waals surface area contributed by atoms with E-state index in [1.54, 1.807) is 45.6 Å². The molecular formula is C28H36F3N5O3. The van der Waals surface area contributed by atoms with Crippen LogP contribution in [0.4, 0.5) is 23.9 Å². The van der Waals surface area contributed by atoms with Crippen molar-refractivity contribution in [2.45, 2.75) is 83.7 Å². The molecule has 8 nitrogen and oxygen atoms in total. The Bertz CT molecular complexity index is 1320. The van der Waals surface area contributed by atoms with Crippen molar-refractivity contribution in [3.05, 3.63) is 41.7 Å². The number of hydrogen-bond acceptors (Lipinski definition) is 6. The van der Waals surface area contributed by atoms with Gasteiger partial charge in [-0.3, -0.25) is 0 Å². The summed E-state index contributed by atoms with van der Waals surface area (Å²) in [5.41, 5.74) is -0.640. The second kappa shape index (κ2) is 10.7. The highest BCUT2D eigenvalue weighted by Gasteiger charge is 2.36. The molecule has 0 saturated carbocycles. The van der Waals surface area contributed by atoms with Gasteiger partial charge in [0.05, 0.1) is 11.3 Å². The standard InChI is InChI=1S/C28H36F3N5O3/c1-26(2,3)39-25(37)36-12-6-7-18(16-36)34-24-33-15-21(28(29,30)31)23(35-24)20-14-32-22-13-17(8-9-19(20)22)10-11-27(4,5)38/h8-9,13-15,18,32,38H,6-7,10-12,16H2,1-5H3,(H,33,34,35)/t18-/m0/s1. The smallest absolute Gasteiger partial charge is 0.419 e. The van der Waals surface area contributed by atoms with E-state index in [1.807, 2.05) is 12.1 Å². The topological polar surface area (TPSA) is 103 Å². The number of ether oxygens (including phenoxy) is 1. The van der Waals surface area contributed by atoms with Crippen LogP contribution in [0.15, 0.2) is 30.6 Å². The Morgan fingerprint density at radius 3 is 2.64 bits per heavy atom. The Morgan fingerprint density at radius 2 is 1.97 bits per heavy atom. The molecule has 0 spiro atoms. The number of benzene rings is 1. The number of carbonyl (C=O) groups is 1. The molecule has 39 heavy (non-hydrogen) atoms. The van der Waals surface area contributed by atoms with Gasteiger partial charge in [0.15, 0.2) is 0 Å². The van der Waals surface area contributed by atoms with Crippen LogP contribution in [0.25, 0.3) is 22.2 Å². The highest BCUT2D eigenvalue weighted by atomic mass is 19.4. The maximum atomic E-state index is 14.0. The first-order chi connectivity index (χ1) is 18.1. The number of nitrogens with one attached hydrogen (secondary N) is 2. The lowest BCUT2D eigenvalue weighted by Gasteiger charge is -2.34. The lowest BCUT2D eigenvalue weighted by Crippen LogP contribution is -2.47. The van der Waals surface area contributed by atoms with Gasteiger partial charge < -0.3 is 25.0 Å². The predicted octanol–water partition coefficient (Wildman–Crippen LogP) is 6.16. The zero-order valence-corrected chi connectivity index (χ0v) is 22.9. The fraction of sp³-hybridized carbons (Fsp3) is 0.536. The van der Waals surface area contributed by atoms with E-state index in [0.29, 0.717) is 55.2 Å². The summed E-state index contributed by atoms with van der Waals surface area (Å²) in [6.07, 6.45) is -0.150. The van der Waals surface area contributed by atoms with Crippen LogP contribution in [0.5, 0.6) is 0 Å². The number of piperidine rings is 1. The van der Waals surface area contributed by atoms with E-state index in [1.165, 1.54) is 6.20 Å². The number of rotatable bonds is 6. The quantitative estimate of drug-likeness (QED) is 0.342. The van der Waals surface area contributed by atoms with Gasteiger partial charge in [-0.15, -0.1) is 0 Å². The van der Waals surface area contributed by atoms with Crippen LogP contribution in [0.3, 0.4) is 0 Å². The third-order valence-electron chi connectivity index (χ3n) is 6.53. The summed E-state index contributed by atoms with van der Waals surface area (Å²) in [5, 5.41) is 13.7. The Hall–Kier alpha value is -3.34. The number of hydrogen-bond donors (Lipinski definition) is 3. The van der Waals surface area contributed by atoms with Gasteiger partial charge in [0.1, 0.15) is 11.2 Å². The van der Waals surface area contributed by atoms with Crippen molar-refractivity contribution in [2.75, 3.05) is 18.4 Å². The van der Waals surface area contributed by atoms with Crippen LogP contribution in [0.2, 0.25) is 0 Å². The predicted molar refractivity (Wildman–Crippen MR) is 143 cm³/mol. The highest BCUT2D eigenvalue weighted by Crippen LogP contribution is 2.39. The summed E-state index contributed by atoms with van der Waals surface area (Å²) >= 11 is 0. The van der Waals surface area contributed by atoms with Crippen LogP contribution in [-0.4, -0.2) is 61.4 Å². The molecular weight excluding hydrogens is 511 g/mol. The number of halogens is 3. The van der Waals surface area contributed by atoms with E-state index in [0.717, 1.165) is 11.8 Å². The number of aromatic nitrogens is 3. The van der Waals surface area contributed by atoms with Gasteiger partial charge in [-0.2, -0.15) is 13.2 Å². The number of likely N-dealkylation sites (tertiary alicyclic amines) is 1. The minimum absolute atomic E-state index is 0.0604. The normalized spacial score (nSPS) is 16.9. The fourth-order valence-electron chi connectivity index (χ4n) is 4.61. The average Bonchev–Trinajstić information content (AvgIpc) is 3.24. The Balaban J connectivity index is 1.60. The van der Waals surface area contributed by atoms with Crippen molar-refractivity contribution in [3.63, 3.8) is 0 Å². The SMILES string of the molecule is CC(C)(O)CCc1ccc2c(-c3nc(N[C@H]4CCCN(C(=O)OC(C)(C)C)C4)ncc3C(F)(F)F)c[nH]c2c1. The number of anilines is 1. The summed E-state index contributed by atoms with van der Waals surface area (Å²) in [6, 6.07) is 5.27. The number of H-pyrrole nitrogens is 1. The van der Waals surface area contributed by atoms with Gasteiger partial charge in [0.2, 0.25) is 5.95 Å². The van der Waals surface area contributed by atoms with Gasteiger partial charge >= 0.3 is 12.3 Å². The minimum Gasteiger partial charge on any atom is -0.444 e. The third-order valence-corrected chi connectivity index (χ3v) is 6.53. The molecule has 0 radical (unpaired) electrons. The lowest BCUT2D eigenvalue weighted by molar-refractivity contribution is -0.137. The number of aryl methyl sites for hydroxylation is 1. The molecule has 4 rings (SSSR count). The molecule has 0 unspecified atom stereocenters. The first-order valence-electron chi connectivity index (χ1n) is 13.1. The maximum absolute atomic E-state index is 14.0. The second-order valence-corrected chi connectivity index (χ2v) is 11.8. The molecule has 1 aliphatic heterocycles. The minimum atomic E-state index is -4.65. The van der Waals surface area contributed by atoms with Gasteiger partial charge in [-0.05, 0) is 71.9 Å². The van der Waals surface area contributed by atoms with Gasteiger partial charge in [-0.1, -0.05) is 12.1 Å². The second-order valence-electron chi connectivity index (χ2n) is 11.8.